The Hall–Kier alpha value is -1.68. The van der Waals surface area contributed by atoms with Crippen LogP contribution in [0.2, 0.25) is 0 Å². The standard InChI is InChI=1S/C11H13N3O/c1-7-9-5-8(15-2)3-4-10(9)14-11(6-12)13-7/h3-5H,6,12H2,1-2H3. The molecule has 1 heterocycles. The van der Waals surface area contributed by atoms with Gasteiger partial charge >= 0.3 is 0 Å². The SMILES string of the molecule is COc1ccc2nc(CN)nc(C)c2c1. The van der Waals surface area contributed by atoms with Crippen LogP contribution in [0.25, 0.3) is 10.9 Å². The fraction of sp³-hybridized carbons (Fsp3) is 0.273. The Kier molecular flexibility index (Phi) is 2.51. The third-order valence-corrected chi connectivity index (χ3v) is 2.32. The molecule has 2 aromatic rings. The summed E-state index contributed by atoms with van der Waals surface area (Å²) in [5.74, 6) is 1.49. The summed E-state index contributed by atoms with van der Waals surface area (Å²) in [5.41, 5.74) is 7.35. The maximum atomic E-state index is 5.52. The number of nitrogens with zero attached hydrogens (tertiary/aromatic N) is 2. The molecule has 0 spiro atoms. The second kappa shape index (κ2) is 3.82. The molecule has 4 nitrogen and oxygen atoms in total. The molecule has 0 bridgehead atoms. The molecular formula is C11H13N3O. The summed E-state index contributed by atoms with van der Waals surface area (Å²) >= 11 is 0. The molecule has 78 valence electrons. The van der Waals surface area contributed by atoms with Crippen LogP contribution in [0.4, 0.5) is 0 Å². The predicted octanol–water partition coefficient (Wildman–Crippen LogP) is 1.41. The van der Waals surface area contributed by atoms with Crippen LogP contribution in [-0.4, -0.2) is 17.1 Å². The average Bonchev–Trinajstić information content (AvgIpc) is 2.28. The van der Waals surface area contributed by atoms with Gasteiger partial charge in [-0.2, -0.15) is 0 Å². The Morgan fingerprint density at radius 1 is 1.33 bits per heavy atom. The van der Waals surface area contributed by atoms with Crippen LogP contribution in [0.5, 0.6) is 5.75 Å². The summed E-state index contributed by atoms with van der Waals surface area (Å²) in [5, 5.41) is 1.01. The molecule has 1 aromatic heterocycles. The minimum absolute atomic E-state index is 0.364. The molecule has 4 heteroatoms. The number of ether oxygens (including phenoxy) is 1. The van der Waals surface area contributed by atoms with Gasteiger partial charge in [0.1, 0.15) is 11.6 Å². The van der Waals surface area contributed by atoms with Crippen molar-refractivity contribution in [1.82, 2.24) is 9.97 Å². The highest BCUT2D eigenvalue weighted by atomic mass is 16.5. The Labute approximate surface area is 88.1 Å². The van der Waals surface area contributed by atoms with Crippen LogP contribution in [0.1, 0.15) is 11.5 Å². The predicted molar refractivity (Wildman–Crippen MR) is 58.7 cm³/mol. The van der Waals surface area contributed by atoms with Crippen molar-refractivity contribution >= 4 is 10.9 Å². The third-order valence-electron chi connectivity index (χ3n) is 2.32. The van der Waals surface area contributed by atoms with E-state index in [-0.39, 0.29) is 0 Å². The number of benzene rings is 1. The molecule has 0 aliphatic rings. The minimum Gasteiger partial charge on any atom is -0.497 e. The minimum atomic E-state index is 0.364. The molecule has 15 heavy (non-hydrogen) atoms. The fourth-order valence-corrected chi connectivity index (χ4v) is 1.54. The summed E-state index contributed by atoms with van der Waals surface area (Å²) in [4.78, 5) is 8.64. The van der Waals surface area contributed by atoms with Gasteiger partial charge in [0.15, 0.2) is 0 Å². The Morgan fingerprint density at radius 3 is 2.80 bits per heavy atom. The molecule has 0 fully saturated rings. The van der Waals surface area contributed by atoms with Gasteiger partial charge in [0.25, 0.3) is 0 Å². The fourth-order valence-electron chi connectivity index (χ4n) is 1.54. The molecule has 0 saturated heterocycles. The zero-order valence-electron chi connectivity index (χ0n) is 8.82. The molecule has 0 unspecified atom stereocenters. The first kappa shape index (κ1) is 9.86. The van der Waals surface area contributed by atoms with Gasteiger partial charge < -0.3 is 10.5 Å². The highest BCUT2D eigenvalue weighted by molar-refractivity contribution is 5.82. The molecule has 2 rings (SSSR count). The van der Waals surface area contributed by atoms with Crippen molar-refractivity contribution in [3.63, 3.8) is 0 Å². The Morgan fingerprint density at radius 2 is 2.13 bits per heavy atom. The van der Waals surface area contributed by atoms with E-state index in [1.54, 1.807) is 7.11 Å². The lowest BCUT2D eigenvalue weighted by atomic mass is 10.2. The summed E-state index contributed by atoms with van der Waals surface area (Å²) in [7, 11) is 1.64. The van der Waals surface area contributed by atoms with Crippen molar-refractivity contribution in [2.45, 2.75) is 13.5 Å². The molecule has 0 radical (unpaired) electrons. The summed E-state index contributed by atoms with van der Waals surface area (Å²) < 4.78 is 5.15. The number of methoxy groups -OCH3 is 1. The van der Waals surface area contributed by atoms with E-state index in [1.165, 1.54) is 0 Å². The highest BCUT2D eigenvalue weighted by Gasteiger charge is 2.04. The van der Waals surface area contributed by atoms with Crippen LogP contribution in [-0.2, 0) is 6.54 Å². The van der Waals surface area contributed by atoms with Crippen molar-refractivity contribution in [1.29, 1.82) is 0 Å². The second-order valence-corrected chi connectivity index (χ2v) is 3.31. The Bertz CT molecular complexity index is 496. The maximum absolute atomic E-state index is 5.52. The van der Waals surface area contributed by atoms with Crippen molar-refractivity contribution in [3.05, 3.63) is 29.7 Å². The van der Waals surface area contributed by atoms with E-state index in [2.05, 4.69) is 9.97 Å². The maximum Gasteiger partial charge on any atom is 0.142 e. The Balaban J connectivity index is 2.68. The first-order valence-corrected chi connectivity index (χ1v) is 4.76. The molecule has 0 atom stereocenters. The number of aromatic nitrogens is 2. The van der Waals surface area contributed by atoms with E-state index in [0.717, 1.165) is 22.3 Å². The third kappa shape index (κ3) is 1.76. The summed E-state index contributed by atoms with van der Waals surface area (Å²) in [6, 6.07) is 5.74. The largest absolute Gasteiger partial charge is 0.497 e. The van der Waals surface area contributed by atoms with Gasteiger partial charge in [-0.05, 0) is 25.1 Å². The van der Waals surface area contributed by atoms with E-state index >= 15 is 0 Å². The molecule has 0 aliphatic heterocycles. The van der Waals surface area contributed by atoms with Gasteiger partial charge in [-0.1, -0.05) is 0 Å². The molecule has 0 saturated carbocycles. The smallest absolute Gasteiger partial charge is 0.142 e. The number of nitrogens with two attached hydrogens (primary N) is 1. The van der Waals surface area contributed by atoms with Crippen LogP contribution >= 0.6 is 0 Å². The van der Waals surface area contributed by atoms with Gasteiger partial charge in [0.05, 0.1) is 19.2 Å². The van der Waals surface area contributed by atoms with Crippen molar-refractivity contribution in [3.8, 4) is 5.75 Å². The monoisotopic (exact) mass is 203 g/mol. The molecule has 2 N–H and O–H groups in total. The quantitative estimate of drug-likeness (QED) is 0.801. The van der Waals surface area contributed by atoms with Gasteiger partial charge in [0, 0.05) is 11.1 Å². The zero-order valence-corrected chi connectivity index (χ0v) is 8.82. The van der Waals surface area contributed by atoms with E-state index in [1.807, 2.05) is 25.1 Å². The van der Waals surface area contributed by atoms with Gasteiger partial charge in [-0.25, -0.2) is 9.97 Å². The van der Waals surface area contributed by atoms with E-state index in [4.69, 9.17) is 10.5 Å². The average molecular weight is 203 g/mol. The van der Waals surface area contributed by atoms with Crippen LogP contribution < -0.4 is 10.5 Å². The van der Waals surface area contributed by atoms with Crippen LogP contribution in [0.3, 0.4) is 0 Å². The topological polar surface area (TPSA) is 61.0 Å². The molecule has 1 aromatic carbocycles. The van der Waals surface area contributed by atoms with Gasteiger partial charge in [0.2, 0.25) is 0 Å². The molecular weight excluding hydrogens is 190 g/mol. The number of rotatable bonds is 2. The first-order valence-electron chi connectivity index (χ1n) is 4.76. The van der Waals surface area contributed by atoms with Crippen molar-refractivity contribution in [2.24, 2.45) is 5.73 Å². The first-order chi connectivity index (χ1) is 7.24. The van der Waals surface area contributed by atoms with Crippen molar-refractivity contribution < 1.29 is 4.74 Å². The number of hydrogen-bond donors (Lipinski definition) is 1. The van der Waals surface area contributed by atoms with Crippen LogP contribution in [0.15, 0.2) is 18.2 Å². The zero-order chi connectivity index (χ0) is 10.8. The summed E-state index contributed by atoms with van der Waals surface area (Å²) in [6.07, 6.45) is 0. The number of fused-ring (bicyclic) bond motifs is 1. The molecule has 0 aliphatic carbocycles. The van der Waals surface area contributed by atoms with Crippen LogP contribution in [0, 0.1) is 6.92 Å². The van der Waals surface area contributed by atoms with Gasteiger partial charge in [-0.15, -0.1) is 0 Å². The normalized spacial score (nSPS) is 10.6. The lowest BCUT2D eigenvalue weighted by Gasteiger charge is -2.05. The molecule has 0 amide bonds. The van der Waals surface area contributed by atoms with Gasteiger partial charge in [-0.3, -0.25) is 0 Å². The second-order valence-electron chi connectivity index (χ2n) is 3.31. The van der Waals surface area contributed by atoms with E-state index in [9.17, 15) is 0 Å². The van der Waals surface area contributed by atoms with E-state index < -0.39 is 0 Å². The summed E-state index contributed by atoms with van der Waals surface area (Å²) in [6.45, 7) is 2.31. The lowest BCUT2D eigenvalue weighted by Crippen LogP contribution is -2.04. The number of aryl methyl sites for hydroxylation is 1. The van der Waals surface area contributed by atoms with Crippen molar-refractivity contribution in [2.75, 3.05) is 7.11 Å². The number of hydrogen-bond acceptors (Lipinski definition) is 4. The highest BCUT2D eigenvalue weighted by Crippen LogP contribution is 2.21. The van der Waals surface area contributed by atoms with E-state index in [0.29, 0.717) is 12.4 Å². The lowest BCUT2D eigenvalue weighted by molar-refractivity contribution is 0.415.